The zero-order chi connectivity index (χ0) is 21.9. The van der Waals surface area contributed by atoms with E-state index in [1.54, 1.807) is 6.07 Å². The van der Waals surface area contributed by atoms with Gasteiger partial charge in [-0.15, -0.1) is 0 Å². The van der Waals surface area contributed by atoms with Crippen molar-refractivity contribution in [2.45, 2.75) is 37.1 Å². The van der Waals surface area contributed by atoms with Gasteiger partial charge in [-0.05, 0) is 62.2 Å². The van der Waals surface area contributed by atoms with Crippen LogP contribution in [0.5, 0.6) is 0 Å². The Hall–Kier alpha value is -2.42. The molecule has 0 aromatic heterocycles. The van der Waals surface area contributed by atoms with Gasteiger partial charge in [0.05, 0.1) is 15.5 Å². The summed E-state index contributed by atoms with van der Waals surface area (Å²) in [5.41, 5.74) is 0.952. The fourth-order valence-electron chi connectivity index (χ4n) is 3.46. The van der Waals surface area contributed by atoms with Crippen molar-refractivity contribution in [2.24, 2.45) is 0 Å². The predicted molar refractivity (Wildman–Crippen MR) is 116 cm³/mol. The molecule has 2 aromatic rings. The monoisotopic (exact) mass is 449 g/mol. The minimum atomic E-state index is -3.59. The number of benzene rings is 2. The summed E-state index contributed by atoms with van der Waals surface area (Å²) in [5.74, 6) is -0.784. The number of rotatable bonds is 5. The third-order valence-corrected chi connectivity index (χ3v) is 7.52. The molecule has 2 amide bonds. The first-order valence-electron chi connectivity index (χ1n) is 9.69. The first kappa shape index (κ1) is 22.3. The maximum atomic E-state index is 12.9. The number of sulfonamides is 1. The van der Waals surface area contributed by atoms with Crippen LogP contribution < -0.4 is 10.6 Å². The molecule has 1 unspecified atom stereocenters. The van der Waals surface area contributed by atoms with E-state index in [0.717, 1.165) is 19.3 Å². The molecular weight excluding hydrogens is 426 g/mol. The Morgan fingerprint density at radius 3 is 2.40 bits per heavy atom. The number of piperidine rings is 1. The molecule has 1 aliphatic heterocycles. The lowest BCUT2D eigenvalue weighted by Crippen LogP contribution is -2.41. The Morgan fingerprint density at radius 1 is 1.07 bits per heavy atom. The van der Waals surface area contributed by atoms with Crippen LogP contribution in [0, 0.1) is 0 Å². The molecule has 7 nitrogen and oxygen atoms in total. The molecule has 1 saturated heterocycles. The molecule has 0 aliphatic carbocycles. The average molecular weight is 450 g/mol. The standard InChI is InChI=1S/C21H24ClN3O4S/c1-14-5-3-4-12-25(14)30(28,29)17-9-6-15(7-10-17)20(26)24-16-8-11-19(22)18(13-16)21(27)23-2/h6-11,13-14H,3-5,12H2,1-2H3,(H,23,27)(H,24,26). The summed E-state index contributed by atoms with van der Waals surface area (Å²) in [6.07, 6.45) is 2.72. The van der Waals surface area contributed by atoms with Gasteiger partial charge in [-0.25, -0.2) is 8.42 Å². The molecule has 2 N–H and O–H groups in total. The van der Waals surface area contributed by atoms with Crippen molar-refractivity contribution in [3.05, 3.63) is 58.6 Å². The van der Waals surface area contributed by atoms with Crippen LogP contribution in [-0.2, 0) is 10.0 Å². The molecule has 1 heterocycles. The predicted octanol–water partition coefficient (Wildman–Crippen LogP) is 3.52. The highest BCUT2D eigenvalue weighted by molar-refractivity contribution is 7.89. The maximum absolute atomic E-state index is 12.9. The summed E-state index contributed by atoms with van der Waals surface area (Å²) in [5, 5.41) is 5.46. The second-order valence-corrected chi connectivity index (χ2v) is 9.51. The quantitative estimate of drug-likeness (QED) is 0.730. The van der Waals surface area contributed by atoms with Crippen LogP contribution in [0.4, 0.5) is 5.69 Å². The molecule has 1 aliphatic rings. The summed E-state index contributed by atoms with van der Waals surface area (Å²) < 4.78 is 27.3. The van der Waals surface area contributed by atoms with Crippen LogP contribution >= 0.6 is 11.6 Å². The molecule has 1 atom stereocenters. The topological polar surface area (TPSA) is 95.6 Å². The van der Waals surface area contributed by atoms with Crippen LogP contribution in [0.1, 0.15) is 46.9 Å². The summed E-state index contributed by atoms with van der Waals surface area (Å²) >= 11 is 6.02. The molecule has 1 fully saturated rings. The van der Waals surface area contributed by atoms with E-state index in [-0.39, 0.29) is 27.4 Å². The van der Waals surface area contributed by atoms with Gasteiger partial charge in [0.1, 0.15) is 0 Å². The third-order valence-electron chi connectivity index (χ3n) is 5.16. The molecule has 9 heteroatoms. The van der Waals surface area contributed by atoms with E-state index >= 15 is 0 Å². The van der Waals surface area contributed by atoms with E-state index in [9.17, 15) is 18.0 Å². The number of carbonyl (C=O) groups excluding carboxylic acids is 2. The second kappa shape index (κ2) is 9.16. The van der Waals surface area contributed by atoms with E-state index in [0.29, 0.717) is 17.8 Å². The summed E-state index contributed by atoms with van der Waals surface area (Å²) in [6, 6.07) is 10.4. The molecule has 0 saturated carbocycles. The zero-order valence-corrected chi connectivity index (χ0v) is 18.4. The van der Waals surface area contributed by atoms with Gasteiger partial charge in [-0.2, -0.15) is 4.31 Å². The van der Waals surface area contributed by atoms with Gasteiger partial charge in [-0.1, -0.05) is 18.0 Å². The van der Waals surface area contributed by atoms with Crippen LogP contribution in [0.3, 0.4) is 0 Å². The van der Waals surface area contributed by atoms with Gasteiger partial charge in [0, 0.05) is 30.9 Å². The highest BCUT2D eigenvalue weighted by Gasteiger charge is 2.30. The number of carbonyl (C=O) groups is 2. The minimum absolute atomic E-state index is 0.0360. The zero-order valence-electron chi connectivity index (χ0n) is 16.8. The Bertz CT molecular complexity index is 1050. The van der Waals surface area contributed by atoms with E-state index in [2.05, 4.69) is 10.6 Å². The van der Waals surface area contributed by atoms with Gasteiger partial charge in [0.15, 0.2) is 0 Å². The fourth-order valence-corrected chi connectivity index (χ4v) is 5.36. The molecule has 3 rings (SSSR count). The van der Waals surface area contributed by atoms with Gasteiger partial charge >= 0.3 is 0 Å². The second-order valence-electron chi connectivity index (χ2n) is 7.21. The van der Waals surface area contributed by atoms with E-state index in [1.165, 1.54) is 47.8 Å². The molecule has 160 valence electrons. The van der Waals surface area contributed by atoms with Crippen molar-refractivity contribution >= 4 is 39.1 Å². The van der Waals surface area contributed by atoms with Gasteiger partial charge in [-0.3, -0.25) is 9.59 Å². The summed E-state index contributed by atoms with van der Waals surface area (Å²) in [6.45, 7) is 2.42. The van der Waals surface area contributed by atoms with Crippen molar-refractivity contribution in [2.75, 3.05) is 18.9 Å². The van der Waals surface area contributed by atoms with Crippen molar-refractivity contribution in [1.82, 2.24) is 9.62 Å². The molecule has 0 bridgehead atoms. The van der Waals surface area contributed by atoms with Gasteiger partial charge in [0.25, 0.3) is 11.8 Å². The molecule has 0 spiro atoms. The van der Waals surface area contributed by atoms with Crippen LogP contribution in [0.25, 0.3) is 0 Å². The number of nitrogens with zero attached hydrogens (tertiary/aromatic N) is 1. The third kappa shape index (κ3) is 4.66. The summed E-state index contributed by atoms with van der Waals surface area (Å²) in [7, 11) is -2.10. The van der Waals surface area contributed by atoms with Crippen LogP contribution in [0.2, 0.25) is 5.02 Å². The van der Waals surface area contributed by atoms with Crippen molar-refractivity contribution in [3.63, 3.8) is 0 Å². The Morgan fingerprint density at radius 2 is 1.77 bits per heavy atom. The number of amides is 2. The summed E-state index contributed by atoms with van der Waals surface area (Å²) in [4.78, 5) is 24.6. The normalized spacial score (nSPS) is 17.4. The SMILES string of the molecule is CNC(=O)c1cc(NC(=O)c2ccc(S(=O)(=O)N3CCCCC3C)cc2)ccc1Cl. The highest BCUT2D eigenvalue weighted by Crippen LogP contribution is 2.26. The molecule has 2 aromatic carbocycles. The Kier molecular flexibility index (Phi) is 6.80. The van der Waals surface area contributed by atoms with E-state index in [4.69, 9.17) is 11.6 Å². The lowest BCUT2D eigenvalue weighted by atomic mass is 10.1. The number of hydrogen-bond donors (Lipinski definition) is 2. The Balaban J connectivity index is 1.76. The minimum Gasteiger partial charge on any atom is -0.355 e. The first-order chi connectivity index (χ1) is 14.2. The highest BCUT2D eigenvalue weighted by atomic mass is 35.5. The fraction of sp³-hybridized carbons (Fsp3) is 0.333. The van der Waals surface area contributed by atoms with Crippen LogP contribution in [-0.4, -0.2) is 44.2 Å². The lowest BCUT2D eigenvalue weighted by Gasteiger charge is -2.32. The largest absolute Gasteiger partial charge is 0.355 e. The smallest absolute Gasteiger partial charge is 0.255 e. The molecular formula is C21H24ClN3O4S. The Labute approximate surface area is 181 Å². The maximum Gasteiger partial charge on any atom is 0.255 e. The van der Waals surface area contributed by atoms with Crippen molar-refractivity contribution in [1.29, 1.82) is 0 Å². The number of hydrogen-bond acceptors (Lipinski definition) is 4. The molecule has 30 heavy (non-hydrogen) atoms. The molecule has 0 radical (unpaired) electrons. The number of anilines is 1. The number of nitrogens with one attached hydrogen (secondary N) is 2. The number of halogens is 1. The average Bonchev–Trinajstić information content (AvgIpc) is 2.74. The van der Waals surface area contributed by atoms with E-state index in [1.807, 2.05) is 6.92 Å². The first-order valence-corrected chi connectivity index (χ1v) is 11.5. The van der Waals surface area contributed by atoms with Crippen LogP contribution in [0.15, 0.2) is 47.4 Å². The lowest BCUT2D eigenvalue weighted by molar-refractivity contribution is 0.0961. The van der Waals surface area contributed by atoms with Crippen molar-refractivity contribution in [3.8, 4) is 0 Å². The van der Waals surface area contributed by atoms with Gasteiger partial charge < -0.3 is 10.6 Å². The van der Waals surface area contributed by atoms with Gasteiger partial charge in [0.2, 0.25) is 10.0 Å². The van der Waals surface area contributed by atoms with Crippen molar-refractivity contribution < 1.29 is 18.0 Å². The van der Waals surface area contributed by atoms with E-state index < -0.39 is 15.9 Å².